The van der Waals surface area contributed by atoms with Crippen molar-refractivity contribution in [3.05, 3.63) is 16.0 Å². The number of carbonyl (C=O) groups is 2. The summed E-state index contributed by atoms with van der Waals surface area (Å²) in [5.74, 6) is 0.144. The third kappa shape index (κ3) is 4.72. The molecule has 0 saturated carbocycles. The van der Waals surface area contributed by atoms with E-state index in [2.05, 4.69) is 5.32 Å². The number of nitrogens with one attached hydrogen (secondary N) is 1. The van der Waals surface area contributed by atoms with Crippen LogP contribution in [0.5, 0.6) is 0 Å². The highest BCUT2D eigenvalue weighted by molar-refractivity contribution is 7.98. The minimum Gasteiger partial charge on any atom is -0.462 e. The first-order valence-corrected chi connectivity index (χ1v) is 8.95. The second kappa shape index (κ2) is 8.41. The number of carbonyl (C=O) groups excluding carboxylic acids is 2. The van der Waals surface area contributed by atoms with E-state index >= 15 is 0 Å². The van der Waals surface area contributed by atoms with E-state index in [1.54, 1.807) is 18.7 Å². The van der Waals surface area contributed by atoms with Crippen LogP contribution in [0.15, 0.2) is 0 Å². The number of esters is 1. The number of nitrogens with two attached hydrogens (primary N) is 1. The molecule has 0 fully saturated rings. The fraction of sp³-hybridized carbons (Fsp3) is 0.571. The van der Waals surface area contributed by atoms with E-state index in [4.69, 9.17) is 10.5 Å². The molecule has 1 aromatic rings. The second-order valence-corrected chi connectivity index (χ2v) is 6.80. The predicted molar refractivity (Wildman–Crippen MR) is 89.4 cm³/mol. The Morgan fingerprint density at radius 3 is 2.67 bits per heavy atom. The summed E-state index contributed by atoms with van der Waals surface area (Å²) in [7, 11) is 0. The smallest absolute Gasteiger partial charge is 0.341 e. The summed E-state index contributed by atoms with van der Waals surface area (Å²) in [6.45, 7) is 5.81. The Labute approximate surface area is 133 Å². The zero-order valence-corrected chi connectivity index (χ0v) is 14.5. The van der Waals surface area contributed by atoms with Gasteiger partial charge in [0.05, 0.1) is 18.2 Å². The van der Waals surface area contributed by atoms with E-state index < -0.39 is 12.0 Å². The molecule has 1 aromatic heterocycles. The number of anilines is 1. The number of amides is 1. The van der Waals surface area contributed by atoms with Gasteiger partial charge in [-0.3, -0.25) is 4.79 Å². The van der Waals surface area contributed by atoms with Crippen molar-refractivity contribution in [1.29, 1.82) is 0 Å². The average Bonchev–Trinajstić information content (AvgIpc) is 2.71. The molecule has 21 heavy (non-hydrogen) atoms. The fourth-order valence-electron chi connectivity index (χ4n) is 1.74. The summed E-state index contributed by atoms with van der Waals surface area (Å²) in [6.07, 6.45) is 2.57. The van der Waals surface area contributed by atoms with Crippen molar-refractivity contribution in [2.75, 3.05) is 23.9 Å². The number of rotatable bonds is 7. The molecule has 0 saturated heterocycles. The maximum atomic E-state index is 12.1. The van der Waals surface area contributed by atoms with Crippen LogP contribution in [0.25, 0.3) is 0 Å². The molecule has 0 radical (unpaired) electrons. The van der Waals surface area contributed by atoms with Crippen molar-refractivity contribution in [2.45, 2.75) is 33.2 Å². The Balaban J connectivity index is 2.90. The molecule has 0 aliphatic carbocycles. The van der Waals surface area contributed by atoms with Gasteiger partial charge >= 0.3 is 5.97 Å². The molecule has 118 valence electrons. The number of thioether (sulfide) groups is 1. The van der Waals surface area contributed by atoms with Crippen molar-refractivity contribution in [1.82, 2.24) is 0 Å². The van der Waals surface area contributed by atoms with Crippen molar-refractivity contribution in [2.24, 2.45) is 5.73 Å². The molecule has 0 spiro atoms. The minimum absolute atomic E-state index is 0.268. The lowest BCUT2D eigenvalue weighted by Gasteiger charge is -2.12. The van der Waals surface area contributed by atoms with Crippen molar-refractivity contribution in [3.63, 3.8) is 0 Å². The maximum Gasteiger partial charge on any atom is 0.341 e. The van der Waals surface area contributed by atoms with Gasteiger partial charge in [-0.15, -0.1) is 11.3 Å². The molecule has 0 aromatic carbocycles. The van der Waals surface area contributed by atoms with Gasteiger partial charge in [0.15, 0.2) is 0 Å². The minimum atomic E-state index is -0.574. The highest BCUT2D eigenvalue weighted by Crippen LogP contribution is 2.33. The molecule has 0 unspecified atom stereocenters. The van der Waals surface area contributed by atoms with Gasteiger partial charge in [-0.05, 0) is 44.8 Å². The highest BCUT2D eigenvalue weighted by atomic mass is 32.2. The molecule has 1 atom stereocenters. The lowest BCUT2D eigenvalue weighted by molar-refractivity contribution is -0.117. The third-order valence-corrected chi connectivity index (χ3v) is 4.84. The lowest BCUT2D eigenvalue weighted by Crippen LogP contribution is -2.36. The van der Waals surface area contributed by atoms with E-state index in [1.165, 1.54) is 11.3 Å². The van der Waals surface area contributed by atoms with Crippen LogP contribution >= 0.6 is 23.1 Å². The third-order valence-electron chi connectivity index (χ3n) is 3.07. The van der Waals surface area contributed by atoms with Gasteiger partial charge < -0.3 is 15.8 Å². The first kappa shape index (κ1) is 18.0. The van der Waals surface area contributed by atoms with Crippen molar-refractivity contribution in [3.8, 4) is 0 Å². The Hall–Kier alpha value is -1.05. The van der Waals surface area contributed by atoms with Crippen molar-refractivity contribution >= 4 is 40.0 Å². The van der Waals surface area contributed by atoms with Crippen LogP contribution in [0.4, 0.5) is 5.00 Å². The summed E-state index contributed by atoms with van der Waals surface area (Å²) in [4.78, 5) is 25.1. The van der Waals surface area contributed by atoms with E-state index in [-0.39, 0.29) is 5.91 Å². The number of thiophene rings is 1. The topological polar surface area (TPSA) is 81.4 Å². The molecule has 3 N–H and O–H groups in total. The van der Waals surface area contributed by atoms with Crippen LogP contribution in [0.1, 0.15) is 34.1 Å². The Morgan fingerprint density at radius 1 is 1.43 bits per heavy atom. The Morgan fingerprint density at radius 2 is 2.10 bits per heavy atom. The number of hydrogen-bond donors (Lipinski definition) is 2. The largest absolute Gasteiger partial charge is 0.462 e. The number of aryl methyl sites for hydroxylation is 1. The van der Waals surface area contributed by atoms with Gasteiger partial charge in [0.1, 0.15) is 5.00 Å². The molecular formula is C14H22N2O3S2. The van der Waals surface area contributed by atoms with E-state index in [9.17, 15) is 9.59 Å². The van der Waals surface area contributed by atoms with Crippen LogP contribution in [-0.4, -0.2) is 36.5 Å². The molecule has 5 nitrogen and oxygen atoms in total. The second-order valence-electron chi connectivity index (χ2n) is 4.59. The summed E-state index contributed by atoms with van der Waals surface area (Å²) >= 11 is 3.01. The molecule has 1 heterocycles. The van der Waals surface area contributed by atoms with Gasteiger partial charge in [-0.2, -0.15) is 11.8 Å². The van der Waals surface area contributed by atoms with E-state index in [0.29, 0.717) is 23.6 Å². The van der Waals surface area contributed by atoms with Crippen LogP contribution in [0.2, 0.25) is 0 Å². The molecule has 0 aliphatic rings. The van der Waals surface area contributed by atoms with Crippen LogP contribution in [0, 0.1) is 13.8 Å². The zero-order chi connectivity index (χ0) is 16.0. The normalized spacial score (nSPS) is 12.0. The van der Waals surface area contributed by atoms with Gasteiger partial charge in [0, 0.05) is 4.88 Å². The summed E-state index contributed by atoms with van der Waals surface area (Å²) in [5.41, 5.74) is 7.12. The Bertz CT molecular complexity index is 515. The summed E-state index contributed by atoms with van der Waals surface area (Å²) in [5, 5.41) is 3.29. The molecule has 1 amide bonds. The molecular weight excluding hydrogens is 308 g/mol. The first-order chi connectivity index (χ1) is 9.92. The van der Waals surface area contributed by atoms with Crippen LogP contribution in [0.3, 0.4) is 0 Å². The standard InChI is InChI=1S/C14H22N2O3S2/c1-5-19-14(18)11-8(2)9(3)21-13(11)16-12(17)10(15)6-7-20-4/h10H,5-7,15H2,1-4H3,(H,16,17)/t10-/m1/s1. The number of ether oxygens (including phenoxy) is 1. The molecule has 7 heteroatoms. The SMILES string of the molecule is CCOC(=O)c1c(NC(=O)[C@H](N)CCSC)sc(C)c1C. The van der Waals surface area contributed by atoms with Crippen LogP contribution < -0.4 is 11.1 Å². The predicted octanol–water partition coefficient (Wildman–Crippen LogP) is 2.56. The van der Waals surface area contributed by atoms with Gasteiger partial charge in [-0.1, -0.05) is 0 Å². The molecule has 0 bridgehead atoms. The van der Waals surface area contributed by atoms with Gasteiger partial charge in [0.2, 0.25) is 5.91 Å². The number of hydrogen-bond acceptors (Lipinski definition) is 6. The first-order valence-electron chi connectivity index (χ1n) is 6.74. The monoisotopic (exact) mass is 330 g/mol. The van der Waals surface area contributed by atoms with Gasteiger partial charge in [0.25, 0.3) is 0 Å². The van der Waals surface area contributed by atoms with E-state index in [1.807, 2.05) is 20.1 Å². The lowest BCUT2D eigenvalue weighted by atomic mass is 10.1. The summed E-state index contributed by atoms with van der Waals surface area (Å²) < 4.78 is 5.05. The molecule has 1 rings (SSSR count). The highest BCUT2D eigenvalue weighted by Gasteiger charge is 2.23. The van der Waals surface area contributed by atoms with Crippen LogP contribution in [-0.2, 0) is 9.53 Å². The zero-order valence-electron chi connectivity index (χ0n) is 12.8. The summed E-state index contributed by atoms with van der Waals surface area (Å²) in [6, 6.07) is -0.574. The quantitative estimate of drug-likeness (QED) is 0.751. The Kier molecular flexibility index (Phi) is 7.21. The van der Waals surface area contributed by atoms with Crippen molar-refractivity contribution < 1.29 is 14.3 Å². The van der Waals surface area contributed by atoms with Gasteiger partial charge in [-0.25, -0.2) is 4.79 Å². The molecule has 0 aliphatic heterocycles. The fourth-order valence-corrected chi connectivity index (χ4v) is 3.29. The average molecular weight is 330 g/mol. The maximum absolute atomic E-state index is 12.1. The van der Waals surface area contributed by atoms with E-state index in [0.717, 1.165) is 16.2 Å².